The Hall–Kier alpha value is -0.380. The molecule has 0 aliphatic carbocycles. The van der Waals surface area contributed by atoms with E-state index in [-0.39, 0.29) is 18.1 Å². The van der Waals surface area contributed by atoms with Gasteiger partial charge in [0.1, 0.15) is 0 Å². The summed E-state index contributed by atoms with van der Waals surface area (Å²) in [6.07, 6.45) is 1.87. The maximum absolute atomic E-state index is 10.4. The van der Waals surface area contributed by atoms with Crippen molar-refractivity contribution in [2.45, 2.75) is 45.8 Å². The van der Waals surface area contributed by atoms with Crippen molar-refractivity contribution in [2.24, 2.45) is 5.92 Å². The van der Waals surface area contributed by atoms with E-state index in [4.69, 9.17) is 4.74 Å². The van der Waals surface area contributed by atoms with Crippen LogP contribution in [-0.4, -0.2) is 17.8 Å². The molecule has 16 heavy (non-hydrogen) atoms. The Morgan fingerprint density at radius 2 is 2.31 bits per heavy atom. The zero-order valence-corrected chi connectivity index (χ0v) is 11.0. The highest BCUT2D eigenvalue weighted by Gasteiger charge is 2.34. The molecule has 90 valence electrons. The van der Waals surface area contributed by atoms with Crippen molar-refractivity contribution in [2.75, 3.05) is 6.61 Å². The molecule has 2 nitrogen and oxygen atoms in total. The Kier molecular flexibility index (Phi) is 3.67. The first kappa shape index (κ1) is 12.1. The summed E-state index contributed by atoms with van der Waals surface area (Å²) in [5.74, 6) is 0.279. The smallest absolute Gasteiger partial charge is 0.0938 e. The van der Waals surface area contributed by atoms with Crippen molar-refractivity contribution in [3.8, 4) is 0 Å². The van der Waals surface area contributed by atoms with Crippen LogP contribution in [0.25, 0.3) is 0 Å². The Labute approximate surface area is 101 Å². The molecule has 1 aliphatic rings. The van der Waals surface area contributed by atoms with Gasteiger partial charge in [-0.15, -0.1) is 11.3 Å². The number of aryl methyl sites for hydroxylation is 2. The van der Waals surface area contributed by atoms with Crippen molar-refractivity contribution in [3.63, 3.8) is 0 Å². The molecule has 0 aromatic carbocycles. The number of hydrogen-bond acceptors (Lipinski definition) is 3. The molecule has 3 unspecified atom stereocenters. The minimum absolute atomic E-state index is 0.233. The first-order valence-corrected chi connectivity index (χ1v) is 6.81. The van der Waals surface area contributed by atoms with Crippen molar-refractivity contribution >= 4 is 11.3 Å². The third-order valence-electron chi connectivity index (χ3n) is 3.42. The quantitative estimate of drug-likeness (QED) is 0.879. The topological polar surface area (TPSA) is 29.5 Å². The van der Waals surface area contributed by atoms with E-state index in [1.165, 1.54) is 10.4 Å². The summed E-state index contributed by atoms with van der Waals surface area (Å²) in [6.45, 7) is 7.10. The Morgan fingerprint density at radius 3 is 2.88 bits per heavy atom. The minimum atomic E-state index is -0.342. The lowest BCUT2D eigenvalue weighted by molar-refractivity contribution is 0.0320. The van der Waals surface area contributed by atoms with Crippen molar-refractivity contribution < 1.29 is 9.84 Å². The molecule has 0 radical (unpaired) electrons. The highest BCUT2D eigenvalue weighted by molar-refractivity contribution is 7.12. The second-order valence-electron chi connectivity index (χ2n) is 4.62. The lowest BCUT2D eigenvalue weighted by atomic mass is 9.91. The molecular weight excluding hydrogens is 220 g/mol. The van der Waals surface area contributed by atoms with E-state index in [9.17, 15) is 5.11 Å². The molecule has 1 aromatic heterocycles. The van der Waals surface area contributed by atoms with E-state index in [1.807, 2.05) is 0 Å². The van der Waals surface area contributed by atoms with Crippen LogP contribution in [0, 0.1) is 19.8 Å². The third kappa shape index (κ3) is 2.17. The van der Waals surface area contributed by atoms with Crippen molar-refractivity contribution in [3.05, 3.63) is 21.4 Å². The molecule has 1 aromatic rings. The Morgan fingerprint density at radius 1 is 1.56 bits per heavy atom. The second-order valence-corrected chi connectivity index (χ2v) is 5.91. The van der Waals surface area contributed by atoms with Gasteiger partial charge in [0.05, 0.1) is 12.2 Å². The molecule has 0 saturated carbocycles. The maximum Gasteiger partial charge on any atom is 0.0938 e. The summed E-state index contributed by atoms with van der Waals surface area (Å²) in [5, 5.41) is 10.4. The number of hydrogen-bond donors (Lipinski definition) is 1. The summed E-state index contributed by atoms with van der Waals surface area (Å²) in [6, 6.07) is 2.15. The zero-order chi connectivity index (χ0) is 11.7. The zero-order valence-electron chi connectivity index (χ0n) is 10.2. The highest BCUT2D eigenvalue weighted by Crippen LogP contribution is 2.38. The van der Waals surface area contributed by atoms with Crippen LogP contribution in [-0.2, 0) is 4.74 Å². The average molecular weight is 240 g/mol. The number of ether oxygens (including phenoxy) is 1. The molecule has 2 rings (SSSR count). The summed E-state index contributed by atoms with van der Waals surface area (Å²) < 4.78 is 5.65. The van der Waals surface area contributed by atoms with Gasteiger partial charge < -0.3 is 9.84 Å². The van der Waals surface area contributed by atoms with Crippen LogP contribution in [0.3, 0.4) is 0 Å². The predicted molar refractivity (Wildman–Crippen MR) is 66.9 cm³/mol. The lowest BCUT2D eigenvalue weighted by Gasteiger charge is -2.22. The van der Waals surface area contributed by atoms with Crippen LogP contribution in [0.1, 0.15) is 41.2 Å². The number of aliphatic hydroxyl groups is 1. The number of rotatable bonds is 3. The normalized spacial score (nSPS) is 27.2. The molecule has 1 N–H and O–H groups in total. The number of thiophene rings is 1. The Bertz CT molecular complexity index is 359. The minimum Gasteiger partial charge on any atom is -0.387 e. The molecule has 3 heteroatoms. The summed E-state index contributed by atoms with van der Waals surface area (Å²) in [5.41, 5.74) is 1.22. The van der Waals surface area contributed by atoms with Gasteiger partial charge in [0.25, 0.3) is 0 Å². The second kappa shape index (κ2) is 4.86. The molecule has 0 bridgehead atoms. The fraction of sp³-hybridized carbons (Fsp3) is 0.692. The van der Waals surface area contributed by atoms with Crippen LogP contribution < -0.4 is 0 Å². The fourth-order valence-corrected chi connectivity index (χ4v) is 3.69. The van der Waals surface area contributed by atoms with Crippen LogP contribution in [0.2, 0.25) is 0 Å². The summed E-state index contributed by atoms with van der Waals surface area (Å²) in [4.78, 5) is 2.41. The van der Waals surface area contributed by atoms with Crippen LogP contribution in [0.4, 0.5) is 0 Å². The van der Waals surface area contributed by atoms with Crippen LogP contribution >= 0.6 is 11.3 Å². The van der Waals surface area contributed by atoms with E-state index < -0.39 is 0 Å². The maximum atomic E-state index is 10.4. The van der Waals surface area contributed by atoms with E-state index >= 15 is 0 Å². The Balaban J connectivity index is 2.18. The van der Waals surface area contributed by atoms with E-state index in [2.05, 4.69) is 26.8 Å². The summed E-state index contributed by atoms with van der Waals surface area (Å²) >= 11 is 1.72. The average Bonchev–Trinajstić information content (AvgIpc) is 2.83. The first-order chi connectivity index (χ1) is 7.63. The van der Waals surface area contributed by atoms with Crippen LogP contribution in [0.5, 0.6) is 0 Å². The van der Waals surface area contributed by atoms with E-state index in [1.54, 1.807) is 11.3 Å². The molecule has 1 saturated heterocycles. The molecule has 3 atom stereocenters. The van der Waals surface area contributed by atoms with Gasteiger partial charge in [-0.3, -0.25) is 0 Å². The largest absolute Gasteiger partial charge is 0.387 e. The molecule has 1 aliphatic heterocycles. The van der Waals surface area contributed by atoms with Gasteiger partial charge in [0, 0.05) is 22.3 Å². The van der Waals surface area contributed by atoms with Gasteiger partial charge in [-0.05, 0) is 38.3 Å². The molecular formula is C13H20O2S. The summed E-state index contributed by atoms with van der Waals surface area (Å²) in [7, 11) is 0. The van der Waals surface area contributed by atoms with Gasteiger partial charge in [0.15, 0.2) is 0 Å². The molecule has 0 amide bonds. The third-order valence-corrected chi connectivity index (χ3v) is 4.64. The van der Waals surface area contributed by atoms with Gasteiger partial charge >= 0.3 is 0 Å². The van der Waals surface area contributed by atoms with Gasteiger partial charge in [-0.25, -0.2) is 0 Å². The molecule has 2 heterocycles. The first-order valence-electron chi connectivity index (χ1n) is 6.00. The monoisotopic (exact) mass is 240 g/mol. The van der Waals surface area contributed by atoms with Crippen molar-refractivity contribution in [1.29, 1.82) is 0 Å². The van der Waals surface area contributed by atoms with Gasteiger partial charge in [-0.2, -0.15) is 0 Å². The lowest BCUT2D eigenvalue weighted by Crippen LogP contribution is -2.21. The standard InChI is InChI=1S/C13H20O2S/c1-4-11-10(5-6-15-11)12(14)13-8(2)7-9(3)16-13/h7,10-12,14H,4-6H2,1-3H3. The SMILES string of the molecule is CCC1OCCC1C(O)c1sc(C)cc1C. The van der Waals surface area contributed by atoms with E-state index in [0.717, 1.165) is 24.3 Å². The molecule has 1 fully saturated rings. The van der Waals surface area contributed by atoms with Crippen LogP contribution in [0.15, 0.2) is 6.07 Å². The van der Waals surface area contributed by atoms with Gasteiger partial charge in [-0.1, -0.05) is 6.92 Å². The predicted octanol–water partition coefficient (Wildman–Crippen LogP) is 3.21. The number of aliphatic hydroxyl groups excluding tert-OH is 1. The highest BCUT2D eigenvalue weighted by atomic mass is 32.1. The van der Waals surface area contributed by atoms with Crippen molar-refractivity contribution in [1.82, 2.24) is 0 Å². The fourth-order valence-electron chi connectivity index (χ4n) is 2.59. The van der Waals surface area contributed by atoms with Gasteiger partial charge in [0.2, 0.25) is 0 Å². The van der Waals surface area contributed by atoms with E-state index in [0.29, 0.717) is 0 Å². The molecule has 0 spiro atoms.